The Kier molecular flexibility index (Phi) is 5.73. The molecule has 2 aliphatic heterocycles. The third kappa shape index (κ3) is 4.03. The third-order valence-corrected chi connectivity index (χ3v) is 7.44. The number of hydrogen-bond donors (Lipinski definition) is 3. The summed E-state index contributed by atoms with van der Waals surface area (Å²) in [5.41, 5.74) is 2.04. The highest BCUT2D eigenvalue weighted by Gasteiger charge is 2.47. The SMILES string of the molecule is O=C(O)N1CCC(CS(=O)(=O)N2CC=C(c3ccccc3)C2)(C(=O)NO)CC1. The summed E-state index contributed by atoms with van der Waals surface area (Å²) in [6, 6.07) is 9.46. The van der Waals surface area contributed by atoms with E-state index in [1.54, 1.807) is 5.48 Å². The number of amides is 2. The Bertz CT molecular complexity index is 876. The predicted molar refractivity (Wildman–Crippen MR) is 101 cm³/mol. The molecule has 1 saturated heterocycles. The van der Waals surface area contributed by atoms with E-state index >= 15 is 0 Å². The maximum atomic E-state index is 13.0. The topological polar surface area (TPSA) is 127 Å². The largest absolute Gasteiger partial charge is 0.465 e. The molecular weight excluding hydrogens is 386 g/mol. The molecule has 0 radical (unpaired) electrons. The fourth-order valence-electron chi connectivity index (χ4n) is 3.73. The zero-order valence-corrected chi connectivity index (χ0v) is 16.1. The molecular formula is C18H23N3O6S. The summed E-state index contributed by atoms with van der Waals surface area (Å²) in [4.78, 5) is 24.6. The van der Waals surface area contributed by atoms with Crippen molar-refractivity contribution in [1.29, 1.82) is 0 Å². The number of piperidine rings is 1. The number of carbonyl (C=O) groups is 2. The molecule has 2 heterocycles. The van der Waals surface area contributed by atoms with Crippen LogP contribution < -0.4 is 5.48 Å². The standard InChI is InChI=1S/C18H23N3O6S/c22-16(19-25)18(7-10-20(11-8-18)17(23)24)13-28(26,27)21-9-6-15(12-21)14-4-2-1-3-5-14/h1-6,25H,7-13H2,(H,19,22)(H,23,24). The minimum atomic E-state index is -3.81. The second-order valence-electron chi connectivity index (χ2n) is 7.14. The van der Waals surface area contributed by atoms with Crippen LogP contribution in [0.1, 0.15) is 18.4 Å². The zero-order valence-electron chi connectivity index (χ0n) is 15.2. The number of rotatable bonds is 5. The first-order valence-electron chi connectivity index (χ1n) is 8.92. The molecule has 28 heavy (non-hydrogen) atoms. The second kappa shape index (κ2) is 7.90. The predicted octanol–water partition coefficient (Wildman–Crippen LogP) is 0.981. The third-order valence-electron chi connectivity index (χ3n) is 5.46. The van der Waals surface area contributed by atoms with E-state index in [0.717, 1.165) is 16.0 Å². The van der Waals surface area contributed by atoms with Gasteiger partial charge in [-0.1, -0.05) is 36.4 Å². The number of likely N-dealkylation sites (tertiary alicyclic amines) is 1. The van der Waals surface area contributed by atoms with E-state index in [2.05, 4.69) is 0 Å². The minimum absolute atomic E-state index is 0.0255. The molecule has 0 unspecified atom stereocenters. The number of carbonyl (C=O) groups excluding carboxylic acids is 1. The first-order chi connectivity index (χ1) is 13.3. The van der Waals surface area contributed by atoms with Crippen molar-refractivity contribution in [3.05, 3.63) is 42.0 Å². The van der Waals surface area contributed by atoms with Crippen LogP contribution in [-0.4, -0.2) is 71.9 Å². The number of carboxylic acid groups (broad SMARTS) is 1. The molecule has 3 rings (SSSR count). The van der Waals surface area contributed by atoms with Crippen molar-refractivity contribution in [2.24, 2.45) is 5.41 Å². The molecule has 10 heteroatoms. The van der Waals surface area contributed by atoms with Crippen molar-refractivity contribution in [1.82, 2.24) is 14.7 Å². The summed E-state index contributed by atoms with van der Waals surface area (Å²) >= 11 is 0. The van der Waals surface area contributed by atoms with Gasteiger partial charge in [0, 0.05) is 26.2 Å². The molecule has 2 aliphatic rings. The van der Waals surface area contributed by atoms with Gasteiger partial charge in [0.15, 0.2) is 0 Å². The normalized spacial score (nSPS) is 19.9. The summed E-state index contributed by atoms with van der Waals surface area (Å²) in [6.07, 6.45) is 0.783. The smallest absolute Gasteiger partial charge is 0.407 e. The molecule has 3 N–H and O–H groups in total. The number of sulfonamides is 1. The Labute approximate surface area is 163 Å². The Morgan fingerprint density at radius 3 is 2.36 bits per heavy atom. The van der Waals surface area contributed by atoms with Crippen LogP contribution in [0.4, 0.5) is 4.79 Å². The molecule has 9 nitrogen and oxygen atoms in total. The van der Waals surface area contributed by atoms with E-state index < -0.39 is 33.2 Å². The first kappa shape index (κ1) is 20.3. The van der Waals surface area contributed by atoms with Gasteiger partial charge in [0.25, 0.3) is 5.91 Å². The lowest BCUT2D eigenvalue weighted by Crippen LogP contribution is -2.54. The van der Waals surface area contributed by atoms with Gasteiger partial charge in [-0.15, -0.1) is 0 Å². The van der Waals surface area contributed by atoms with E-state index in [9.17, 15) is 18.0 Å². The second-order valence-corrected chi connectivity index (χ2v) is 9.10. The lowest BCUT2D eigenvalue weighted by atomic mass is 9.79. The maximum absolute atomic E-state index is 13.0. The molecule has 0 spiro atoms. The Morgan fingerprint density at radius 2 is 1.79 bits per heavy atom. The van der Waals surface area contributed by atoms with Gasteiger partial charge in [0.1, 0.15) is 0 Å². The average molecular weight is 409 g/mol. The van der Waals surface area contributed by atoms with Crippen LogP contribution in [0.5, 0.6) is 0 Å². The molecule has 0 aromatic heterocycles. The molecule has 2 amide bonds. The van der Waals surface area contributed by atoms with E-state index in [0.29, 0.717) is 0 Å². The molecule has 1 aromatic rings. The number of nitrogens with zero attached hydrogens (tertiary/aromatic N) is 2. The van der Waals surface area contributed by atoms with Crippen molar-refractivity contribution >= 4 is 27.6 Å². The van der Waals surface area contributed by atoms with Crippen molar-refractivity contribution in [2.45, 2.75) is 12.8 Å². The molecule has 0 aliphatic carbocycles. The van der Waals surface area contributed by atoms with Crippen molar-refractivity contribution in [3.63, 3.8) is 0 Å². The molecule has 0 bridgehead atoms. The fourth-order valence-corrected chi connectivity index (χ4v) is 5.66. The summed E-state index contributed by atoms with van der Waals surface area (Å²) in [5, 5.41) is 18.2. The van der Waals surface area contributed by atoms with Gasteiger partial charge in [-0.05, 0) is 24.0 Å². The lowest BCUT2D eigenvalue weighted by Gasteiger charge is -2.39. The van der Waals surface area contributed by atoms with Crippen LogP contribution in [-0.2, 0) is 14.8 Å². The quantitative estimate of drug-likeness (QED) is 0.491. The fraction of sp³-hybridized carbons (Fsp3) is 0.444. The van der Waals surface area contributed by atoms with E-state index in [4.69, 9.17) is 10.3 Å². The highest BCUT2D eigenvalue weighted by atomic mass is 32.2. The molecule has 1 aromatic carbocycles. The monoisotopic (exact) mass is 409 g/mol. The van der Waals surface area contributed by atoms with Crippen LogP contribution in [0.25, 0.3) is 5.57 Å². The summed E-state index contributed by atoms with van der Waals surface area (Å²) in [5.74, 6) is -1.27. The van der Waals surface area contributed by atoms with Crippen LogP contribution >= 0.6 is 0 Å². The average Bonchev–Trinajstić information content (AvgIpc) is 3.19. The van der Waals surface area contributed by atoms with Gasteiger partial charge < -0.3 is 10.0 Å². The first-order valence-corrected chi connectivity index (χ1v) is 10.5. The van der Waals surface area contributed by atoms with Crippen LogP contribution in [0.15, 0.2) is 36.4 Å². The highest BCUT2D eigenvalue weighted by molar-refractivity contribution is 7.89. The molecule has 0 atom stereocenters. The summed E-state index contributed by atoms with van der Waals surface area (Å²) in [7, 11) is -3.81. The molecule has 0 saturated carbocycles. The summed E-state index contributed by atoms with van der Waals surface area (Å²) < 4.78 is 27.4. The van der Waals surface area contributed by atoms with Gasteiger partial charge in [-0.3, -0.25) is 10.0 Å². The highest BCUT2D eigenvalue weighted by Crippen LogP contribution is 2.35. The van der Waals surface area contributed by atoms with Gasteiger partial charge in [0.2, 0.25) is 10.0 Å². The van der Waals surface area contributed by atoms with Gasteiger partial charge >= 0.3 is 6.09 Å². The van der Waals surface area contributed by atoms with E-state index in [1.165, 1.54) is 4.31 Å². The van der Waals surface area contributed by atoms with Crippen molar-refractivity contribution in [2.75, 3.05) is 31.9 Å². The van der Waals surface area contributed by atoms with Crippen molar-refractivity contribution < 1.29 is 28.3 Å². The Hall–Kier alpha value is -2.43. The number of hydroxylamine groups is 1. The molecule has 1 fully saturated rings. The van der Waals surface area contributed by atoms with Crippen LogP contribution in [0, 0.1) is 5.41 Å². The maximum Gasteiger partial charge on any atom is 0.407 e. The van der Waals surface area contributed by atoms with Crippen LogP contribution in [0.2, 0.25) is 0 Å². The number of benzene rings is 1. The van der Waals surface area contributed by atoms with Gasteiger partial charge in [-0.2, -0.15) is 4.31 Å². The zero-order chi connectivity index (χ0) is 20.4. The Balaban J connectivity index is 1.74. The Morgan fingerprint density at radius 1 is 1.14 bits per heavy atom. The van der Waals surface area contributed by atoms with E-state index in [1.807, 2.05) is 36.4 Å². The van der Waals surface area contributed by atoms with Gasteiger partial charge in [0.05, 0.1) is 11.2 Å². The molecule has 152 valence electrons. The minimum Gasteiger partial charge on any atom is -0.465 e. The lowest BCUT2D eigenvalue weighted by molar-refractivity contribution is -0.141. The number of nitrogens with one attached hydrogen (secondary N) is 1. The van der Waals surface area contributed by atoms with Gasteiger partial charge in [-0.25, -0.2) is 18.7 Å². The summed E-state index contributed by atoms with van der Waals surface area (Å²) in [6.45, 7) is 0.493. The van der Waals surface area contributed by atoms with Crippen LogP contribution in [0.3, 0.4) is 0 Å². The van der Waals surface area contributed by atoms with Crippen molar-refractivity contribution in [3.8, 4) is 0 Å². The number of hydrogen-bond acceptors (Lipinski definition) is 5. The van der Waals surface area contributed by atoms with E-state index in [-0.39, 0.29) is 39.0 Å².